The molecule has 0 aliphatic carbocycles. The summed E-state index contributed by atoms with van der Waals surface area (Å²) in [6.45, 7) is 6.82. The smallest absolute Gasteiger partial charge is 0.122 e. The first-order valence-corrected chi connectivity index (χ1v) is 5.41. The molecular weight excluding hydrogens is 240 g/mol. The summed E-state index contributed by atoms with van der Waals surface area (Å²) in [5, 5.41) is 0. The van der Waals surface area contributed by atoms with Crippen LogP contribution in [0.5, 0.6) is 5.75 Å². The van der Waals surface area contributed by atoms with Gasteiger partial charge < -0.3 is 4.74 Å². The van der Waals surface area contributed by atoms with Gasteiger partial charge in [0.25, 0.3) is 0 Å². The van der Waals surface area contributed by atoms with E-state index < -0.39 is 0 Å². The Morgan fingerprint density at radius 1 is 1.43 bits per heavy atom. The van der Waals surface area contributed by atoms with E-state index >= 15 is 0 Å². The van der Waals surface area contributed by atoms with Crippen LogP contribution >= 0.6 is 15.9 Å². The fourth-order valence-corrected chi connectivity index (χ4v) is 1.55. The standard InChI is InChI=1S/C12H15BrO/c1-9(2)6-7-14-12-5-4-11(13)8-10(12)3/h4-6,8H,7H2,1-3H3. The van der Waals surface area contributed by atoms with Crippen LogP contribution in [0.25, 0.3) is 0 Å². The second-order valence-electron chi connectivity index (χ2n) is 3.50. The largest absolute Gasteiger partial charge is 0.489 e. The number of allylic oxidation sites excluding steroid dienone is 1. The Hall–Kier alpha value is -0.760. The number of ether oxygens (including phenoxy) is 1. The highest BCUT2D eigenvalue weighted by atomic mass is 79.9. The molecule has 76 valence electrons. The van der Waals surface area contributed by atoms with Crippen molar-refractivity contribution in [3.63, 3.8) is 0 Å². The Morgan fingerprint density at radius 2 is 2.14 bits per heavy atom. The van der Waals surface area contributed by atoms with Crippen LogP contribution in [0, 0.1) is 6.92 Å². The van der Waals surface area contributed by atoms with Crippen LogP contribution in [-0.4, -0.2) is 6.61 Å². The van der Waals surface area contributed by atoms with Crippen molar-refractivity contribution in [2.45, 2.75) is 20.8 Å². The van der Waals surface area contributed by atoms with Gasteiger partial charge in [-0.3, -0.25) is 0 Å². The molecular formula is C12H15BrO. The van der Waals surface area contributed by atoms with Crippen molar-refractivity contribution >= 4 is 15.9 Å². The van der Waals surface area contributed by atoms with Crippen LogP contribution < -0.4 is 4.74 Å². The highest BCUT2D eigenvalue weighted by Crippen LogP contribution is 2.22. The molecule has 2 heteroatoms. The van der Waals surface area contributed by atoms with Crippen molar-refractivity contribution in [3.8, 4) is 5.75 Å². The number of aryl methyl sites for hydroxylation is 1. The van der Waals surface area contributed by atoms with Crippen molar-refractivity contribution in [3.05, 3.63) is 39.9 Å². The topological polar surface area (TPSA) is 9.23 Å². The summed E-state index contributed by atoms with van der Waals surface area (Å²) >= 11 is 3.42. The summed E-state index contributed by atoms with van der Waals surface area (Å²) in [7, 11) is 0. The molecule has 0 atom stereocenters. The van der Waals surface area contributed by atoms with Gasteiger partial charge in [0.2, 0.25) is 0 Å². The molecule has 0 fully saturated rings. The molecule has 1 nitrogen and oxygen atoms in total. The van der Waals surface area contributed by atoms with Gasteiger partial charge in [0.15, 0.2) is 0 Å². The van der Waals surface area contributed by atoms with Crippen molar-refractivity contribution < 1.29 is 4.74 Å². The molecule has 0 amide bonds. The van der Waals surface area contributed by atoms with Crippen LogP contribution in [-0.2, 0) is 0 Å². The predicted octanol–water partition coefficient (Wildman–Crippen LogP) is 4.10. The summed E-state index contributed by atoms with van der Waals surface area (Å²) in [5.41, 5.74) is 2.43. The molecule has 1 aromatic rings. The maximum Gasteiger partial charge on any atom is 0.122 e. The lowest BCUT2D eigenvalue weighted by molar-refractivity contribution is 0.359. The lowest BCUT2D eigenvalue weighted by atomic mass is 10.2. The van der Waals surface area contributed by atoms with E-state index in [2.05, 4.69) is 41.9 Å². The molecule has 0 N–H and O–H groups in total. The van der Waals surface area contributed by atoms with Crippen LogP contribution in [0.15, 0.2) is 34.3 Å². The zero-order valence-corrected chi connectivity index (χ0v) is 10.4. The van der Waals surface area contributed by atoms with Gasteiger partial charge in [0.05, 0.1) is 0 Å². The summed E-state index contributed by atoms with van der Waals surface area (Å²) in [6, 6.07) is 6.03. The Labute approximate surface area is 93.9 Å². The molecule has 0 radical (unpaired) electrons. The third-order valence-corrected chi connectivity index (χ3v) is 2.36. The maximum atomic E-state index is 5.61. The van der Waals surface area contributed by atoms with Gasteiger partial charge in [0.1, 0.15) is 12.4 Å². The zero-order valence-electron chi connectivity index (χ0n) is 8.80. The Kier molecular flexibility index (Phi) is 4.21. The normalized spacial score (nSPS) is 9.71. The molecule has 0 saturated heterocycles. The number of halogens is 1. The summed E-state index contributed by atoms with van der Waals surface area (Å²) in [4.78, 5) is 0. The third-order valence-electron chi connectivity index (χ3n) is 1.87. The Bertz CT molecular complexity index is 338. The van der Waals surface area contributed by atoms with E-state index in [1.165, 1.54) is 5.57 Å². The van der Waals surface area contributed by atoms with Gasteiger partial charge in [-0.2, -0.15) is 0 Å². The highest BCUT2D eigenvalue weighted by Gasteiger charge is 1.98. The number of hydrogen-bond acceptors (Lipinski definition) is 1. The SMILES string of the molecule is CC(C)=CCOc1ccc(Br)cc1C. The zero-order chi connectivity index (χ0) is 10.6. The van der Waals surface area contributed by atoms with Gasteiger partial charge >= 0.3 is 0 Å². The van der Waals surface area contributed by atoms with Crippen LogP contribution in [0.1, 0.15) is 19.4 Å². The summed E-state index contributed by atoms with van der Waals surface area (Å²) < 4.78 is 6.69. The van der Waals surface area contributed by atoms with E-state index in [1.807, 2.05) is 19.1 Å². The molecule has 14 heavy (non-hydrogen) atoms. The average Bonchev–Trinajstić information content (AvgIpc) is 2.08. The predicted molar refractivity (Wildman–Crippen MR) is 63.8 cm³/mol. The minimum atomic E-state index is 0.644. The molecule has 1 aromatic carbocycles. The molecule has 0 saturated carbocycles. The molecule has 0 unspecified atom stereocenters. The van der Waals surface area contributed by atoms with E-state index in [9.17, 15) is 0 Å². The quantitative estimate of drug-likeness (QED) is 0.739. The van der Waals surface area contributed by atoms with Crippen molar-refractivity contribution in [1.82, 2.24) is 0 Å². The molecule has 1 rings (SSSR count). The second kappa shape index (κ2) is 5.20. The van der Waals surface area contributed by atoms with E-state index in [0.29, 0.717) is 6.61 Å². The fraction of sp³-hybridized carbons (Fsp3) is 0.333. The molecule has 0 bridgehead atoms. The van der Waals surface area contributed by atoms with Gasteiger partial charge in [-0.15, -0.1) is 0 Å². The molecule has 0 heterocycles. The fourth-order valence-electron chi connectivity index (χ4n) is 1.07. The number of rotatable bonds is 3. The minimum Gasteiger partial charge on any atom is -0.489 e. The summed E-state index contributed by atoms with van der Waals surface area (Å²) in [5.74, 6) is 0.950. The van der Waals surface area contributed by atoms with Gasteiger partial charge in [-0.25, -0.2) is 0 Å². The lowest BCUT2D eigenvalue weighted by Gasteiger charge is -2.07. The minimum absolute atomic E-state index is 0.644. The van der Waals surface area contributed by atoms with E-state index in [0.717, 1.165) is 15.8 Å². The van der Waals surface area contributed by atoms with Gasteiger partial charge in [0, 0.05) is 4.47 Å². The number of hydrogen-bond donors (Lipinski definition) is 0. The molecule has 0 spiro atoms. The van der Waals surface area contributed by atoms with Crippen molar-refractivity contribution in [2.24, 2.45) is 0 Å². The lowest BCUT2D eigenvalue weighted by Crippen LogP contribution is -1.95. The Balaban J connectivity index is 2.64. The van der Waals surface area contributed by atoms with Crippen LogP contribution in [0.2, 0.25) is 0 Å². The van der Waals surface area contributed by atoms with E-state index in [-0.39, 0.29) is 0 Å². The first kappa shape index (κ1) is 11.3. The summed E-state index contributed by atoms with van der Waals surface area (Å²) in [6.07, 6.45) is 2.07. The third kappa shape index (κ3) is 3.54. The van der Waals surface area contributed by atoms with Crippen LogP contribution in [0.3, 0.4) is 0 Å². The maximum absolute atomic E-state index is 5.61. The first-order chi connectivity index (χ1) is 6.59. The Morgan fingerprint density at radius 3 is 2.71 bits per heavy atom. The van der Waals surface area contributed by atoms with Crippen molar-refractivity contribution in [2.75, 3.05) is 6.61 Å². The van der Waals surface area contributed by atoms with Gasteiger partial charge in [-0.05, 0) is 50.6 Å². The van der Waals surface area contributed by atoms with Gasteiger partial charge in [-0.1, -0.05) is 21.5 Å². The highest BCUT2D eigenvalue weighted by molar-refractivity contribution is 9.10. The average molecular weight is 255 g/mol. The molecule has 0 aromatic heterocycles. The number of benzene rings is 1. The second-order valence-corrected chi connectivity index (χ2v) is 4.42. The van der Waals surface area contributed by atoms with Crippen LogP contribution in [0.4, 0.5) is 0 Å². The monoisotopic (exact) mass is 254 g/mol. The first-order valence-electron chi connectivity index (χ1n) is 4.62. The van der Waals surface area contributed by atoms with E-state index in [1.54, 1.807) is 0 Å². The molecule has 0 aliphatic rings. The van der Waals surface area contributed by atoms with Crippen molar-refractivity contribution in [1.29, 1.82) is 0 Å². The van der Waals surface area contributed by atoms with E-state index in [4.69, 9.17) is 4.74 Å². The molecule has 0 aliphatic heterocycles.